The van der Waals surface area contributed by atoms with Crippen molar-refractivity contribution < 1.29 is 19.4 Å². The summed E-state index contributed by atoms with van der Waals surface area (Å²) in [7, 11) is 1.56. The second-order valence-electron chi connectivity index (χ2n) is 6.24. The van der Waals surface area contributed by atoms with E-state index < -0.39 is 5.60 Å². The van der Waals surface area contributed by atoms with Gasteiger partial charge in [-0.1, -0.05) is 0 Å². The summed E-state index contributed by atoms with van der Waals surface area (Å²) in [5.74, 6) is 1.21. The maximum absolute atomic E-state index is 11.9. The van der Waals surface area contributed by atoms with E-state index in [1.54, 1.807) is 25.3 Å². The van der Waals surface area contributed by atoms with E-state index in [1.807, 2.05) is 13.8 Å². The molecule has 0 aliphatic heterocycles. The highest BCUT2D eigenvalue weighted by atomic mass is 16.5. The summed E-state index contributed by atoms with van der Waals surface area (Å²) in [4.78, 5) is 11.9. The van der Waals surface area contributed by atoms with Crippen LogP contribution in [0.5, 0.6) is 11.5 Å². The first-order valence-corrected chi connectivity index (χ1v) is 8.04. The molecule has 0 bridgehead atoms. The average Bonchev–Trinajstić information content (AvgIpc) is 2.46. The molecule has 2 amide bonds. The Kier molecular flexibility index (Phi) is 5.71. The summed E-state index contributed by atoms with van der Waals surface area (Å²) >= 11 is 0. The minimum atomic E-state index is -0.577. The van der Waals surface area contributed by atoms with Crippen molar-refractivity contribution in [1.29, 1.82) is 0 Å². The second kappa shape index (κ2) is 7.55. The van der Waals surface area contributed by atoms with Gasteiger partial charge in [0.05, 0.1) is 18.8 Å². The van der Waals surface area contributed by atoms with E-state index in [2.05, 4.69) is 10.6 Å². The summed E-state index contributed by atoms with van der Waals surface area (Å²) in [6.07, 6.45) is 3.34. The summed E-state index contributed by atoms with van der Waals surface area (Å²) < 4.78 is 10.9. The van der Waals surface area contributed by atoms with Crippen molar-refractivity contribution in [3.63, 3.8) is 0 Å². The number of ether oxygens (including phenoxy) is 2. The zero-order valence-electron chi connectivity index (χ0n) is 14.0. The molecule has 0 spiro atoms. The van der Waals surface area contributed by atoms with Crippen molar-refractivity contribution in [3.8, 4) is 11.5 Å². The lowest BCUT2D eigenvalue weighted by Crippen LogP contribution is -2.41. The number of methoxy groups -OCH3 is 1. The predicted octanol–water partition coefficient (Wildman–Crippen LogP) is 2.91. The fourth-order valence-electron chi connectivity index (χ4n) is 2.52. The topological polar surface area (TPSA) is 79.8 Å². The Hall–Kier alpha value is -1.95. The fraction of sp³-hybridized carbons (Fsp3) is 0.588. The van der Waals surface area contributed by atoms with Crippen LogP contribution in [0.25, 0.3) is 0 Å². The lowest BCUT2D eigenvalue weighted by molar-refractivity contribution is -0.0388. The maximum Gasteiger partial charge on any atom is 0.319 e. The smallest absolute Gasteiger partial charge is 0.319 e. The number of rotatable bonds is 7. The number of hydrogen-bond acceptors (Lipinski definition) is 4. The Morgan fingerprint density at radius 1 is 1.35 bits per heavy atom. The number of carbonyl (C=O) groups is 1. The standard InChI is InChI=1S/C17H26N2O4/c1-12(2)23-14-6-5-13(11-15(14)22-3)19-16(20)18-10-9-17(21)7-4-8-17/h5-6,11-12,21H,4,7-10H2,1-3H3,(H2,18,19,20). The minimum Gasteiger partial charge on any atom is -0.493 e. The maximum atomic E-state index is 11.9. The van der Waals surface area contributed by atoms with Gasteiger partial charge in [0.1, 0.15) is 0 Å². The lowest BCUT2D eigenvalue weighted by Gasteiger charge is -2.36. The third kappa shape index (κ3) is 5.03. The quantitative estimate of drug-likeness (QED) is 0.721. The van der Waals surface area contributed by atoms with Crippen LogP contribution in [0.3, 0.4) is 0 Å². The monoisotopic (exact) mass is 322 g/mol. The molecule has 0 aromatic heterocycles. The number of anilines is 1. The molecule has 1 aliphatic carbocycles. The van der Waals surface area contributed by atoms with Crippen LogP contribution in [0.2, 0.25) is 0 Å². The van der Waals surface area contributed by atoms with E-state index in [-0.39, 0.29) is 12.1 Å². The molecule has 0 atom stereocenters. The van der Waals surface area contributed by atoms with Gasteiger partial charge in [-0.25, -0.2) is 4.79 Å². The summed E-state index contributed by atoms with van der Waals surface area (Å²) in [5.41, 5.74) is 0.0459. The first kappa shape index (κ1) is 17.4. The lowest BCUT2D eigenvalue weighted by atomic mass is 9.78. The molecule has 0 saturated heterocycles. The molecule has 1 fully saturated rings. The minimum absolute atomic E-state index is 0.0447. The van der Waals surface area contributed by atoms with Crippen LogP contribution >= 0.6 is 0 Å². The molecule has 0 unspecified atom stereocenters. The molecule has 0 radical (unpaired) electrons. The van der Waals surface area contributed by atoms with Gasteiger partial charge in [0.2, 0.25) is 0 Å². The van der Waals surface area contributed by atoms with Crippen LogP contribution < -0.4 is 20.1 Å². The van der Waals surface area contributed by atoms with Gasteiger partial charge in [-0.15, -0.1) is 0 Å². The molecule has 6 nitrogen and oxygen atoms in total. The largest absolute Gasteiger partial charge is 0.493 e. The van der Waals surface area contributed by atoms with Crippen LogP contribution in [0.1, 0.15) is 39.5 Å². The van der Waals surface area contributed by atoms with Crippen molar-refractivity contribution in [2.24, 2.45) is 0 Å². The van der Waals surface area contributed by atoms with Crippen molar-refractivity contribution >= 4 is 11.7 Å². The Morgan fingerprint density at radius 3 is 2.65 bits per heavy atom. The van der Waals surface area contributed by atoms with E-state index in [9.17, 15) is 9.90 Å². The van der Waals surface area contributed by atoms with Crippen molar-refractivity contribution in [2.45, 2.75) is 51.2 Å². The van der Waals surface area contributed by atoms with Gasteiger partial charge < -0.3 is 25.2 Å². The van der Waals surface area contributed by atoms with E-state index in [0.717, 1.165) is 19.3 Å². The normalized spacial score (nSPS) is 15.7. The van der Waals surface area contributed by atoms with Gasteiger partial charge in [-0.3, -0.25) is 0 Å². The van der Waals surface area contributed by atoms with Gasteiger partial charge in [0.15, 0.2) is 11.5 Å². The number of carbonyl (C=O) groups excluding carboxylic acids is 1. The van der Waals surface area contributed by atoms with E-state index in [1.165, 1.54) is 0 Å². The van der Waals surface area contributed by atoms with Crippen molar-refractivity contribution in [2.75, 3.05) is 19.0 Å². The van der Waals surface area contributed by atoms with Gasteiger partial charge >= 0.3 is 6.03 Å². The highest BCUT2D eigenvalue weighted by Gasteiger charge is 2.33. The first-order chi connectivity index (χ1) is 10.9. The molecular weight excluding hydrogens is 296 g/mol. The molecule has 0 heterocycles. The SMILES string of the molecule is COc1cc(NC(=O)NCCC2(O)CCC2)ccc1OC(C)C. The molecule has 3 N–H and O–H groups in total. The van der Waals surface area contributed by atoms with Crippen molar-refractivity contribution in [3.05, 3.63) is 18.2 Å². The number of benzene rings is 1. The molecule has 1 aliphatic rings. The molecule has 23 heavy (non-hydrogen) atoms. The first-order valence-electron chi connectivity index (χ1n) is 8.04. The van der Waals surface area contributed by atoms with Gasteiger partial charge in [0, 0.05) is 18.3 Å². The molecule has 1 aromatic rings. The number of urea groups is 1. The summed E-state index contributed by atoms with van der Waals surface area (Å²) in [5, 5.41) is 15.5. The fourth-order valence-corrected chi connectivity index (χ4v) is 2.52. The van der Waals surface area contributed by atoms with Crippen LogP contribution in [-0.4, -0.2) is 36.5 Å². The highest BCUT2D eigenvalue weighted by Crippen LogP contribution is 2.34. The second-order valence-corrected chi connectivity index (χ2v) is 6.24. The van der Waals surface area contributed by atoms with Crippen molar-refractivity contribution in [1.82, 2.24) is 5.32 Å². The number of amides is 2. The third-order valence-corrected chi connectivity index (χ3v) is 3.94. The molecule has 1 saturated carbocycles. The van der Waals surface area contributed by atoms with Gasteiger partial charge in [0.25, 0.3) is 0 Å². The predicted molar refractivity (Wildman–Crippen MR) is 89.2 cm³/mol. The average molecular weight is 322 g/mol. The number of aliphatic hydroxyl groups is 1. The summed E-state index contributed by atoms with van der Waals surface area (Å²) in [6, 6.07) is 4.95. The Bertz CT molecular complexity index is 541. The van der Waals surface area contributed by atoms with Gasteiger partial charge in [-0.2, -0.15) is 0 Å². The summed E-state index contributed by atoms with van der Waals surface area (Å²) in [6.45, 7) is 4.33. The van der Waals surface area contributed by atoms with Crippen LogP contribution in [0.15, 0.2) is 18.2 Å². The number of nitrogens with one attached hydrogen (secondary N) is 2. The zero-order valence-corrected chi connectivity index (χ0v) is 14.0. The molecular formula is C17H26N2O4. The Morgan fingerprint density at radius 2 is 2.09 bits per heavy atom. The Balaban J connectivity index is 1.85. The number of hydrogen-bond donors (Lipinski definition) is 3. The third-order valence-electron chi connectivity index (χ3n) is 3.94. The van der Waals surface area contributed by atoms with E-state index >= 15 is 0 Å². The Labute approximate surface area is 137 Å². The van der Waals surface area contributed by atoms with Crippen LogP contribution in [0, 0.1) is 0 Å². The molecule has 128 valence electrons. The molecule has 1 aromatic carbocycles. The van der Waals surface area contributed by atoms with Crippen LogP contribution in [-0.2, 0) is 0 Å². The van der Waals surface area contributed by atoms with Gasteiger partial charge in [-0.05, 0) is 51.7 Å². The van der Waals surface area contributed by atoms with E-state index in [4.69, 9.17) is 9.47 Å². The highest BCUT2D eigenvalue weighted by molar-refractivity contribution is 5.89. The van der Waals surface area contributed by atoms with Crippen LogP contribution in [0.4, 0.5) is 10.5 Å². The zero-order chi connectivity index (χ0) is 16.9. The van der Waals surface area contributed by atoms with E-state index in [0.29, 0.717) is 30.2 Å². The molecule has 6 heteroatoms. The molecule has 2 rings (SSSR count).